The van der Waals surface area contributed by atoms with Gasteiger partial charge in [-0.15, -0.1) is 0 Å². The number of thioether (sulfide) groups is 1. The lowest BCUT2D eigenvalue weighted by Gasteiger charge is -2.21. The minimum atomic E-state index is -0.309. The first kappa shape index (κ1) is 20.5. The molecule has 1 aromatic carbocycles. The van der Waals surface area contributed by atoms with Crippen molar-refractivity contribution in [3.8, 4) is 0 Å². The lowest BCUT2D eigenvalue weighted by atomic mass is 10.2. The molecule has 1 aliphatic heterocycles. The Bertz CT molecular complexity index is 1050. The fourth-order valence-corrected chi connectivity index (χ4v) is 4.47. The molecule has 0 radical (unpaired) electrons. The van der Waals surface area contributed by atoms with E-state index < -0.39 is 0 Å². The SMILES string of the molecule is O=C(Nc1cccc(CSC2CCOCC2)c1)c1ccc(Cn2ccccc2=O)o1. The van der Waals surface area contributed by atoms with Gasteiger partial charge in [0.1, 0.15) is 5.76 Å². The van der Waals surface area contributed by atoms with Gasteiger partial charge in [0.15, 0.2) is 5.76 Å². The highest BCUT2D eigenvalue weighted by atomic mass is 32.2. The highest BCUT2D eigenvalue weighted by molar-refractivity contribution is 7.99. The third kappa shape index (κ3) is 5.43. The fraction of sp³-hybridized carbons (Fsp3) is 0.304. The third-order valence-corrected chi connectivity index (χ3v) is 6.39. The molecule has 0 spiro atoms. The Morgan fingerprint density at radius 3 is 2.80 bits per heavy atom. The van der Waals surface area contributed by atoms with Crippen molar-refractivity contribution >= 4 is 23.4 Å². The Kier molecular flexibility index (Phi) is 6.71. The van der Waals surface area contributed by atoms with Crippen LogP contribution >= 0.6 is 11.8 Å². The number of carbonyl (C=O) groups excluding carboxylic acids is 1. The predicted octanol–water partition coefficient (Wildman–Crippen LogP) is 4.15. The minimum Gasteiger partial charge on any atom is -0.454 e. The van der Waals surface area contributed by atoms with Gasteiger partial charge >= 0.3 is 0 Å². The van der Waals surface area contributed by atoms with Crippen molar-refractivity contribution in [1.29, 1.82) is 0 Å². The molecule has 0 bridgehead atoms. The molecule has 1 amide bonds. The summed E-state index contributed by atoms with van der Waals surface area (Å²) in [6.45, 7) is 1.97. The Balaban J connectivity index is 1.35. The van der Waals surface area contributed by atoms with Gasteiger partial charge < -0.3 is 19.0 Å². The molecular weight excluding hydrogens is 400 g/mol. The molecule has 1 aliphatic rings. The summed E-state index contributed by atoms with van der Waals surface area (Å²) in [6, 6.07) is 16.2. The number of furan rings is 1. The molecule has 156 valence electrons. The third-order valence-electron chi connectivity index (χ3n) is 4.95. The quantitative estimate of drug-likeness (QED) is 0.617. The average molecular weight is 425 g/mol. The van der Waals surface area contributed by atoms with Crippen LogP contribution in [0, 0.1) is 0 Å². The van der Waals surface area contributed by atoms with Crippen molar-refractivity contribution < 1.29 is 13.9 Å². The predicted molar refractivity (Wildman–Crippen MR) is 118 cm³/mol. The second kappa shape index (κ2) is 9.82. The number of anilines is 1. The van der Waals surface area contributed by atoms with E-state index in [0.29, 0.717) is 11.0 Å². The Morgan fingerprint density at radius 2 is 1.97 bits per heavy atom. The number of amides is 1. The molecule has 6 nitrogen and oxygen atoms in total. The Morgan fingerprint density at radius 1 is 1.10 bits per heavy atom. The monoisotopic (exact) mass is 424 g/mol. The molecule has 1 fully saturated rings. The molecule has 7 heteroatoms. The summed E-state index contributed by atoms with van der Waals surface area (Å²) in [5.74, 6) is 1.37. The number of hydrogen-bond acceptors (Lipinski definition) is 5. The van der Waals surface area contributed by atoms with Crippen molar-refractivity contribution in [1.82, 2.24) is 4.57 Å². The number of hydrogen-bond donors (Lipinski definition) is 1. The number of pyridine rings is 1. The zero-order valence-corrected chi connectivity index (χ0v) is 17.4. The Hall–Kier alpha value is -2.77. The maximum atomic E-state index is 12.6. The van der Waals surface area contributed by atoms with Crippen LogP contribution in [0.15, 0.2) is 70.0 Å². The van der Waals surface area contributed by atoms with Crippen molar-refractivity contribution in [3.05, 3.63) is 88.2 Å². The summed E-state index contributed by atoms with van der Waals surface area (Å²) in [4.78, 5) is 24.4. The van der Waals surface area contributed by atoms with Gasteiger partial charge in [0, 0.05) is 42.2 Å². The number of benzene rings is 1. The first-order valence-electron chi connectivity index (χ1n) is 10.0. The van der Waals surface area contributed by atoms with Crippen molar-refractivity contribution in [2.45, 2.75) is 30.4 Å². The first-order valence-corrected chi connectivity index (χ1v) is 11.1. The van der Waals surface area contributed by atoms with Gasteiger partial charge in [-0.2, -0.15) is 11.8 Å². The average Bonchev–Trinajstić information content (AvgIpc) is 3.24. The molecule has 0 aliphatic carbocycles. The molecule has 3 heterocycles. The second-order valence-electron chi connectivity index (χ2n) is 7.21. The summed E-state index contributed by atoms with van der Waals surface area (Å²) in [5, 5.41) is 3.53. The van der Waals surface area contributed by atoms with Crippen LogP contribution in [0.2, 0.25) is 0 Å². The van der Waals surface area contributed by atoms with Gasteiger partial charge in [-0.1, -0.05) is 18.2 Å². The van der Waals surface area contributed by atoms with Gasteiger partial charge in [0.25, 0.3) is 11.5 Å². The van der Waals surface area contributed by atoms with Crippen LogP contribution in [-0.4, -0.2) is 28.9 Å². The first-order chi connectivity index (χ1) is 14.7. The van der Waals surface area contributed by atoms with Gasteiger partial charge in [-0.05, 0) is 48.7 Å². The zero-order chi connectivity index (χ0) is 20.8. The van der Waals surface area contributed by atoms with Gasteiger partial charge in [-0.3, -0.25) is 9.59 Å². The van der Waals surface area contributed by atoms with E-state index in [0.717, 1.165) is 37.5 Å². The second-order valence-corrected chi connectivity index (χ2v) is 8.50. The van der Waals surface area contributed by atoms with Crippen LogP contribution in [0.1, 0.15) is 34.7 Å². The van der Waals surface area contributed by atoms with Crippen molar-refractivity contribution in [3.63, 3.8) is 0 Å². The number of nitrogens with one attached hydrogen (secondary N) is 1. The van der Waals surface area contributed by atoms with E-state index in [-0.39, 0.29) is 23.8 Å². The van der Waals surface area contributed by atoms with Crippen molar-refractivity contribution in [2.75, 3.05) is 18.5 Å². The zero-order valence-electron chi connectivity index (χ0n) is 16.6. The van der Waals surface area contributed by atoms with Crippen LogP contribution in [0.5, 0.6) is 0 Å². The standard InChI is InChI=1S/C23H24N2O4S/c26-22-6-1-2-11-25(22)15-19-7-8-21(29-19)23(27)24-18-5-3-4-17(14-18)16-30-20-9-12-28-13-10-20/h1-8,11,14,20H,9-10,12-13,15-16H2,(H,24,27). The lowest BCUT2D eigenvalue weighted by molar-refractivity contribution is 0.0993. The van der Waals surface area contributed by atoms with E-state index in [1.165, 1.54) is 16.2 Å². The van der Waals surface area contributed by atoms with E-state index in [4.69, 9.17) is 9.15 Å². The van der Waals surface area contributed by atoms with Crippen LogP contribution < -0.4 is 10.9 Å². The molecular formula is C23H24N2O4S. The van der Waals surface area contributed by atoms with E-state index in [1.807, 2.05) is 30.0 Å². The number of nitrogens with zero attached hydrogens (tertiary/aromatic N) is 1. The molecule has 0 saturated carbocycles. The summed E-state index contributed by atoms with van der Waals surface area (Å²) >= 11 is 1.94. The van der Waals surface area contributed by atoms with Crippen LogP contribution in [-0.2, 0) is 17.0 Å². The maximum absolute atomic E-state index is 12.6. The van der Waals surface area contributed by atoms with Gasteiger partial charge in [0.05, 0.1) is 6.54 Å². The molecule has 4 rings (SSSR count). The Labute approximate surface area is 179 Å². The summed E-state index contributed by atoms with van der Waals surface area (Å²) < 4.78 is 12.6. The topological polar surface area (TPSA) is 73.5 Å². The van der Waals surface area contributed by atoms with E-state index >= 15 is 0 Å². The number of rotatable bonds is 7. The fourth-order valence-electron chi connectivity index (χ4n) is 3.33. The van der Waals surface area contributed by atoms with E-state index in [1.54, 1.807) is 30.5 Å². The molecule has 2 aromatic heterocycles. The smallest absolute Gasteiger partial charge is 0.291 e. The van der Waals surface area contributed by atoms with Crippen LogP contribution in [0.25, 0.3) is 0 Å². The maximum Gasteiger partial charge on any atom is 0.291 e. The van der Waals surface area contributed by atoms with Gasteiger partial charge in [-0.25, -0.2) is 0 Å². The highest BCUT2D eigenvalue weighted by Gasteiger charge is 2.15. The summed E-state index contributed by atoms with van der Waals surface area (Å²) in [5.41, 5.74) is 1.80. The normalized spacial score (nSPS) is 14.5. The number of carbonyl (C=O) groups is 1. The van der Waals surface area contributed by atoms with Crippen LogP contribution in [0.4, 0.5) is 5.69 Å². The summed E-state index contributed by atoms with van der Waals surface area (Å²) in [7, 11) is 0. The van der Waals surface area contributed by atoms with Crippen molar-refractivity contribution in [2.24, 2.45) is 0 Å². The van der Waals surface area contributed by atoms with E-state index in [2.05, 4.69) is 11.4 Å². The number of aromatic nitrogens is 1. The highest BCUT2D eigenvalue weighted by Crippen LogP contribution is 2.26. The largest absolute Gasteiger partial charge is 0.454 e. The van der Waals surface area contributed by atoms with Crippen LogP contribution in [0.3, 0.4) is 0 Å². The molecule has 30 heavy (non-hydrogen) atoms. The molecule has 0 unspecified atom stereocenters. The minimum absolute atomic E-state index is 0.115. The molecule has 1 saturated heterocycles. The molecule has 1 N–H and O–H groups in total. The molecule has 3 aromatic rings. The van der Waals surface area contributed by atoms with Gasteiger partial charge in [0.2, 0.25) is 0 Å². The lowest BCUT2D eigenvalue weighted by Crippen LogP contribution is -2.18. The molecule has 0 atom stereocenters. The van der Waals surface area contributed by atoms with E-state index in [9.17, 15) is 9.59 Å². The summed E-state index contributed by atoms with van der Waals surface area (Å²) in [6.07, 6.45) is 3.88. The number of ether oxygens (including phenoxy) is 1.